The number of carbonyl (C=O) groups excluding carboxylic acids is 1. The van der Waals surface area contributed by atoms with Crippen molar-refractivity contribution >= 4 is 21.6 Å². The van der Waals surface area contributed by atoms with E-state index in [1.54, 1.807) is 31.2 Å². The van der Waals surface area contributed by atoms with Gasteiger partial charge in [-0.25, -0.2) is 8.42 Å². The highest BCUT2D eigenvalue weighted by Gasteiger charge is 2.21. The second-order valence-corrected chi connectivity index (χ2v) is 8.47. The molecule has 0 fully saturated rings. The minimum absolute atomic E-state index is 0.274. The van der Waals surface area contributed by atoms with E-state index in [9.17, 15) is 13.2 Å². The van der Waals surface area contributed by atoms with Crippen molar-refractivity contribution in [3.63, 3.8) is 0 Å². The number of carbonyl (C=O) groups is 1. The number of hydrogen-bond donors (Lipinski definition) is 1. The number of methoxy groups -OCH3 is 1. The van der Waals surface area contributed by atoms with Gasteiger partial charge in [0, 0.05) is 0 Å². The van der Waals surface area contributed by atoms with E-state index in [1.165, 1.54) is 7.11 Å². The van der Waals surface area contributed by atoms with Crippen LogP contribution in [0.3, 0.4) is 0 Å². The van der Waals surface area contributed by atoms with E-state index in [2.05, 4.69) is 5.32 Å². The highest BCUT2D eigenvalue weighted by Crippen LogP contribution is 2.21. The highest BCUT2D eigenvalue weighted by atomic mass is 32.2. The molecule has 1 atom stereocenters. The van der Waals surface area contributed by atoms with Gasteiger partial charge in [0.05, 0.1) is 25.1 Å². The van der Waals surface area contributed by atoms with Crippen LogP contribution >= 0.6 is 0 Å². The van der Waals surface area contributed by atoms with Gasteiger partial charge in [0.25, 0.3) is 0 Å². The second-order valence-electron chi connectivity index (χ2n) is 6.56. The molecule has 0 saturated carbocycles. The zero-order chi connectivity index (χ0) is 20.7. The normalized spacial score (nSPS) is 12.1. The van der Waals surface area contributed by atoms with E-state index in [-0.39, 0.29) is 19.2 Å². The van der Waals surface area contributed by atoms with Crippen molar-refractivity contribution < 1.29 is 22.7 Å². The van der Waals surface area contributed by atoms with E-state index in [0.29, 0.717) is 17.2 Å². The molecule has 0 aliphatic carbocycles. The van der Waals surface area contributed by atoms with Gasteiger partial charge in [-0.3, -0.25) is 9.10 Å². The molecule has 0 aromatic heterocycles. The van der Waals surface area contributed by atoms with Crippen molar-refractivity contribution in [3.8, 4) is 11.5 Å². The van der Waals surface area contributed by atoms with Crippen LogP contribution in [0, 0.1) is 6.92 Å². The van der Waals surface area contributed by atoms with Crippen molar-refractivity contribution in [2.24, 2.45) is 0 Å². The molecule has 7 nitrogen and oxygen atoms in total. The molecule has 0 heterocycles. The van der Waals surface area contributed by atoms with Crippen LogP contribution in [-0.4, -0.2) is 46.9 Å². The Morgan fingerprint density at radius 3 is 2.18 bits per heavy atom. The highest BCUT2D eigenvalue weighted by molar-refractivity contribution is 7.92. The molecule has 0 radical (unpaired) electrons. The summed E-state index contributed by atoms with van der Waals surface area (Å²) in [6, 6.07) is 13.8. The Kier molecular flexibility index (Phi) is 7.28. The molecule has 0 saturated heterocycles. The predicted molar refractivity (Wildman–Crippen MR) is 109 cm³/mol. The van der Waals surface area contributed by atoms with E-state index in [0.717, 1.165) is 16.1 Å². The molecule has 0 aliphatic rings. The molecule has 2 aromatic rings. The minimum atomic E-state index is -3.63. The monoisotopic (exact) mass is 406 g/mol. The fourth-order valence-corrected chi connectivity index (χ4v) is 3.35. The van der Waals surface area contributed by atoms with Crippen molar-refractivity contribution in [2.75, 3.05) is 30.8 Å². The number of rotatable bonds is 9. The van der Waals surface area contributed by atoms with E-state index < -0.39 is 15.9 Å². The lowest BCUT2D eigenvalue weighted by Crippen LogP contribution is -2.44. The number of nitrogens with one attached hydrogen (secondary N) is 1. The van der Waals surface area contributed by atoms with Crippen LogP contribution in [0.4, 0.5) is 5.69 Å². The van der Waals surface area contributed by atoms with Crippen LogP contribution in [0.2, 0.25) is 0 Å². The molecule has 1 unspecified atom stereocenters. The molecule has 8 heteroatoms. The summed E-state index contributed by atoms with van der Waals surface area (Å²) in [6.07, 6.45) is 1.06. The zero-order valence-corrected chi connectivity index (χ0v) is 17.3. The number of benzene rings is 2. The third-order valence-corrected chi connectivity index (χ3v) is 5.12. The molecule has 152 valence electrons. The van der Waals surface area contributed by atoms with Gasteiger partial charge in [0.2, 0.25) is 15.9 Å². The Morgan fingerprint density at radius 1 is 1.07 bits per heavy atom. The fraction of sp³-hybridized carbons (Fsp3) is 0.350. The van der Waals surface area contributed by atoms with Crippen LogP contribution < -0.4 is 19.1 Å². The van der Waals surface area contributed by atoms with Crippen LogP contribution in [0.5, 0.6) is 11.5 Å². The van der Waals surface area contributed by atoms with Crippen molar-refractivity contribution in [1.29, 1.82) is 0 Å². The first-order chi connectivity index (χ1) is 13.2. The molecule has 2 aromatic carbocycles. The number of sulfonamides is 1. The first-order valence-corrected chi connectivity index (χ1v) is 10.6. The summed E-state index contributed by atoms with van der Waals surface area (Å²) in [5.41, 5.74) is 1.52. The van der Waals surface area contributed by atoms with Crippen molar-refractivity contribution in [1.82, 2.24) is 5.32 Å². The first-order valence-electron chi connectivity index (χ1n) is 8.79. The number of aryl methyl sites for hydroxylation is 1. The quantitative estimate of drug-likeness (QED) is 0.691. The predicted octanol–water partition coefficient (Wildman–Crippen LogP) is 2.35. The lowest BCUT2D eigenvalue weighted by atomic mass is 10.2. The molecule has 0 spiro atoms. The minimum Gasteiger partial charge on any atom is -0.497 e. The number of ether oxygens (including phenoxy) is 2. The topological polar surface area (TPSA) is 84.9 Å². The number of nitrogens with zero attached hydrogens (tertiary/aromatic N) is 1. The Morgan fingerprint density at radius 2 is 1.64 bits per heavy atom. The lowest BCUT2D eigenvalue weighted by molar-refractivity contribution is -0.120. The van der Waals surface area contributed by atoms with Crippen LogP contribution in [0.1, 0.15) is 12.5 Å². The van der Waals surface area contributed by atoms with Crippen LogP contribution in [0.25, 0.3) is 0 Å². The van der Waals surface area contributed by atoms with Gasteiger partial charge in [-0.15, -0.1) is 0 Å². The third-order valence-electron chi connectivity index (χ3n) is 3.98. The lowest BCUT2D eigenvalue weighted by Gasteiger charge is -2.23. The maximum atomic E-state index is 12.4. The molecule has 1 N–H and O–H groups in total. The van der Waals surface area contributed by atoms with Crippen LogP contribution in [-0.2, 0) is 14.8 Å². The summed E-state index contributed by atoms with van der Waals surface area (Å²) in [5, 5.41) is 2.76. The average Bonchev–Trinajstić information content (AvgIpc) is 2.65. The molecular weight excluding hydrogens is 380 g/mol. The molecule has 0 aliphatic heterocycles. The number of anilines is 1. The van der Waals surface area contributed by atoms with Gasteiger partial charge >= 0.3 is 0 Å². The Bertz CT molecular complexity index is 880. The van der Waals surface area contributed by atoms with E-state index in [1.807, 2.05) is 31.2 Å². The van der Waals surface area contributed by atoms with Gasteiger partial charge in [-0.1, -0.05) is 17.7 Å². The first kappa shape index (κ1) is 21.6. The van der Waals surface area contributed by atoms with Gasteiger partial charge < -0.3 is 14.8 Å². The standard InChI is InChI=1S/C20H26N2O5S/c1-15-5-9-19(10-6-15)27-14-16(2)21-20(23)13-22(28(4,24)25)17-7-11-18(26-3)12-8-17/h5-12,16H,13-14H2,1-4H3,(H,21,23). The Hall–Kier alpha value is -2.74. The number of hydrogen-bond acceptors (Lipinski definition) is 5. The maximum absolute atomic E-state index is 12.4. The van der Waals surface area contributed by atoms with Crippen molar-refractivity contribution in [3.05, 3.63) is 54.1 Å². The molecule has 28 heavy (non-hydrogen) atoms. The summed E-state index contributed by atoms with van der Waals surface area (Å²) in [4.78, 5) is 12.4. The molecular formula is C20H26N2O5S. The summed E-state index contributed by atoms with van der Waals surface area (Å²) < 4.78 is 36.0. The summed E-state index contributed by atoms with van der Waals surface area (Å²) in [7, 11) is -2.10. The van der Waals surface area contributed by atoms with E-state index in [4.69, 9.17) is 9.47 Å². The summed E-state index contributed by atoms with van der Waals surface area (Å²) in [5.74, 6) is 0.896. The summed E-state index contributed by atoms with van der Waals surface area (Å²) >= 11 is 0. The third kappa shape index (κ3) is 6.45. The summed E-state index contributed by atoms with van der Waals surface area (Å²) in [6.45, 7) is 3.74. The largest absolute Gasteiger partial charge is 0.497 e. The molecule has 0 bridgehead atoms. The Labute approximate surface area is 166 Å². The fourth-order valence-electron chi connectivity index (χ4n) is 2.50. The zero-order valence-electron chi connectivity index (χ0n) is 16.5. The maximum Gasteiger partial charge on any atom is 0.241 e. The van der Waals surface area contributed by atoms with Crippen molar-refractivity contribution in [2.45, 2.75) is 19.9 Å². The number of amides is 1. The van der Waals surface area contributed by atoms with Gasteiger partial charge in [0.1, 0.15) is 24.7 Å². The Balaban J connectivity index is 1.95. The van der Waals surface area contributed by atoms with Gasteiger partial charge in [-0.05, 0) is 50.2 Å². The van der Waals surface area contributed by atoms with Gasteiger partial charge in [-0.2, -0.15) is 0 Å². The smallest absolute Gasteiger partial charge is 0.241 e. The SMILES string of the molecule is COc1ccc(N(CC(=O)NC(C)COc2ccc(C)cc2)S(C)(=O)=O)cc1. The second kappa shape index (κ2) is 9.45. The van der Waals surface area contributed by atoms with Gasteiger partial charge in [0.15, 0.2) is 0 Å². The van der Waals surface area contributed by atoms with Crippen LogP contribution in [0.15, 0.2) is 48.5 Å². The molecule has 2 rings (SSSR count). The van der Waals surface area contributed by atoms with E-state index >= 15 is 0 Å². The average molecular weight is 407 g/mol. The molecule has 1 amide bonds.